The zero-order chi connectivity index (χ0) is 13.7. The first-order valence-electron chi connectivity index (χ1n) is 5.90. The molecule has 0 amide bonds. The lowest BCUT2D eigenvalue weighted by molar-refractivity contribution is 0.104. The number of hydrogen-bond donors (Lipinski definition) is 2. The normalized spacial score (nSPS) is 10.8. The molecule has 0 unspecified atom stereocenters. The summed E-state index contributed by atoms with van der Waals surface area (Å²) in [6, 6.07) is 13.4. The van der Waals surface area contributed by atoms with E-state index in [9.17, 15) is 4.79 Å². The van der Waals surface area contributed by atoms with Crippen molar-refractivity contribution in [1.29, 1.82) is 0 Å². The molecule has 0 aliphatic heterocycles. The van der Waals surface area contributed by atoms with Crippen LogP contribution in [0.15, 0.2) is 54.6 Å². The Labute approximate surface area is 111 Å². The molecule has 0 radical (unpaired) electrons. The molecule has 0 atom stereocenters. The molecular weight excluding hydrogens is 240 g/mol. The summed E-state index contributed by atoms with van der Waals surface area (Å²) in [4.78, 5) is 11.9. The van der Waals surface area contributed by atoms with E-state index in [0.29, 0.717) is 5.56 Å². The van der Waals surface area contributed by atoms with E-state index >= 15 is 0 Å². The zero-order valence-electron chi connectivity index (χ0n) is 10.3. The Morgan fingerprint density at radius 2 is 1.63 bits per heavy atom. The highest BCUT2D eigenvalue weighted by atomic mass is 16.3. The number of carbonyl (C=O) groups is 1. The number of phenols is 1. The van der Waals surface area contributed by atoms with Gasteiger partial charge in [-0.1, -0.05) is 42.5 Å². The van der Waals surface area contributed by atoms with Crippen molar-refractivity contribution in [3.8, 4) is 5.75 Å². The van der Waals surface area contributed by atoms with E-state index in [1.54, 1.807) is 54.6 Å². The van der Waals surface area contributed by atoms with E-state index in [1.165, 1.54) is 6.08 Å². The molecule has 2 aromatic rings. The Balaban J connectivity index is 2.09. The van der Waals surface area contributed by atoms with Crippen LogP contribution in [0.3, 0.4) is 0 Å². The van der Waals surface area contributed by atoms with Gasteiger partial charge in [-0.05, 0) is 29.3 Å². The Hall–Kier alpha value is -2.39. The second-order valence-electron chi connectivity index (χ2n) is 4.14. The number of phenolic OH excluding ortho intramolecular Hbond substituents is 1. The van der Waals surface area contributed by atoms with Crippen LogP contribution < -0.4 is 0 Å². The van der Waals surface area contributed by atoms with Gasteiger partial charge < -0.3 is 10.2 Å². The fourth-order valence-corrected chi connectivity index (χ4v) is 1.63. The first kappa shape index (κ1) is 13.1. The van der Waals surface area contributed by atoms with E-state index in [4.69, 9.17) is 10.2 Å². The standard InChI is InChI=1S/C16H14O3/c17-11-13-1-6-14(7-2-13)16(19)10-5-12-3-8-15(18)9-4-12/h1-10,17-18H,11H2/b10-5+. The Kier molecular flexibility index (Phi) is 4.11. The van der Waals surface area contributed by atoms with Gasteiger partial charge in [-0.2, -0.15) is 0 Å². The van der Waals surface area contributed by atoms with E-state index < -0.39 is 0 Å². The van der Waals surface area contributed by atoms with E-state index in [0.717, 1.165) is 11.1 Å². The maximum atomic E-state index is 11.9. The van der Waals surface area contributed by atoms with Crippen LogP contribution in [0.25, 0.3) is 6.08 Å². The number of hydrogen-bond acceptors (Lipinski definition) is 3. The summed E-state index contributed by atoms with van der Waals surface area (Å²) in [6.07, 6.45) is 3.18. The number of ketones is 1. The largest absolute Gasteiger partial charge is 0.508 e. The van der Waals surface area contributed by atoms with Crippen LogP contribution >= 0.6 is 0 Å². The lowest BCUT2D eigenvalue weighted by atomic mass is 10.1. The van der Waals surface area contributed by atoms with Gasteiger partial charge in [-0.3, -0.25) is 4.79 Å². The fourth-order valence-electron chi connectivity index (χ4n) is 1.63. The topological polar surface area (TPSA) is 57.5 Å². The Bertz CT molecular complexity index is 580. The van der Waals surface area contributed by atoms with Crippen molar-refractivity contribution in [2.75, 3.05) is 0 Å². The van der Waals surface area contributed by atoms with Gasteiger partial charge in [0.15, 0.2) is 5.78 Å². The Morgan fingerprint density at radius 1 is 1.00 bits per heavy atom. The highest BCUT2D eigenvalue weighted by Crippen LogP contribution is 2.12. The average molecular weight is 254 g/mol. The quantitative estimate of drug-likeness (QED) is 0.651. The summed E-state index contributed by atoms with van der Waals surface area (Å²) in [7, 11) is 0. The number of allylic oxidation sites excluding steroid dienone is 1. The second kappa shape index (κ2) is 5.98. The molecule has 0 spiro atoms. The minimum absolute atomic E-state index is 0.0299. The molecule has 0 bridgehead atoms. The van der Waals surface area contributed by atoms with Crippen molar-refractivity contribution in [1.82, 2.24) is 0 Å². The lowest BCUT2D eigenvalue weighted by Gasteiger charge is -1.98. The molecule has 3 heteroatoms. The van der Waals surface area contributed by atoms with Gasteiger partial charge in [-0.15, -0.1) is 0 Å². The predicted molar refractivity (Wildman–Crippen MR) is 73.8 cm³/mol. The summed E-state index contributed by atoms with van der Waals surface area (Å²) in [5.41, 5.74) is 2.20. The molecule has 2 aromatic carbocycles. The van der Waals surface area contributed by atoms with Crippen molar-refractivity contribution in [3.05, 3.63) is 71.3 Å². The van der Waals surface area contributed by atoms with Crippen molar-refractivity contribution < 1.29 is 15.0 Å². The molecule has 2 N–H and O–H groups in total. The Morgan fingerprint density at radius 3 is 2.21 bits per heavy atom. The molecule has 0 saturated carbocycles. The molecule has 2 rings (SSSR count). The number of aliphatic hydroxyl groups is 1. The molecule has 0 aromatic heterocycles. The number of aliphatic hydroxyl groups excluding tert-OH is 1. The number of carbonyl (C=O) groups excluding carboxylic acids is 1. The molecule has 0 fully saturated rings. The molecule has 0 aliphatic rings. The van der Waals surface area contributed by atoms with Crippen LogP contribution in [-0.4, -0.2) is 16.0 Å². The van der Waals surface area contributed by atoms with Crippen molar-refractivity contribution in [2.45, 2.75) is 6.61 Å². The first-order chi connectivity index (χ1) is 9.19. The van der Waals surface area contributed by atoms with E-state index in [-0.39, 0.29) is 18.1 Å². The molecule has 0 heterocycles. The van der Waals surface area contributed by atoms with E-state index in [1.807, 2.05) is 0 Å². The van der Waals surface area contributed by atoms with E-state index in [2.05, 4.69) is 0 Å². The monoisotopic (exact) mass is 254 g/mol. The number of rotatable bonds is 4. The van der Waals surface area contributed by atoms with Crippen molar-refractivity contribution >= 4 is 11.9 Å². The first-order valence-corrected chi connectivity index (χ1v) is 5.90. The fraction of sp³-hybridized carbons (Fsp3) is 0.0625. The predicted octanol–water partition coefficient (Wildman–Crippen LogP) is 2.78. The van der Waals surface area contributed by atoms with Gasteiger partial charge >= 0.3 is 0 Å². The summed E-state index contributed by atoms with van der Waals surface area (Å²) in [5.74, 6) is 0.0978. The second-order valence-corrected chi connectivity index (χ2v) is 4.14. The molecule has 0 saturated heterocycles. The van der Waals surface area contributed by atoms with Crippen molar-refractivity contribution in [2.24, 2.45) is 0 Å². The molecule has 96 valence electrons. The van der Waals surface area contributed by atoms with Gasteiger partial charge in [0.05, 0.1) is 6.61 Å². The minimum Gasteiger partial charge on any atom is -0.508 e. The van der Waals surface area contributed by atoms with Crippen LogP contribution in [0.4, 0.5) is 0 Å². The third kappa shape index (κ3) is 3.53. The average Bonchev–Trinajstić information content (AvgIpc) is 2.46. The van der Waals surface area contributed by atoms with Crippen LogP contribution in [0, 0.1) is 0 Å². The summed E-state index contributed by atoms with van der Waals surface area (Å²) in [5, 5.41) is 18.1. The third-order valence-corrected chi connectivity index (χ3v) is 2.74. The zero-order valence-corrected chi connectivity index (χ0v) is 10.3. The highest BCUT2D eigenvalue weighted by molar-refractivity contribution is 6.06. The maximum Gasteiger partial charge on any atom is 0.185 e. The number of benzene rings is 2. The van der Waals surface area contributed by atoms with Gasteiger partial charge in [0.1, 0.15) is 5.75 Å². The third-order valence-electron chi connectivity index (χ3n) is 2.74. The van der Waals surface area contributed by atoms with Crippen molar-refractivity contribution in [3.63, 3.8) is 0 Å². The molecule has 19 heavy (non-hydrogen) atoms. The summed E-state index contributed by atoms with van der Waals surface area (Å²) in [6.45, 7) is -0.0299. The van der Waals surface area contributed by atoms with Gasteiger partial charge in [-0.25, -0.2) is 0 Å². The molecule has 3 nitrogen and oxygen atoms in total. The highest BCUT2D eigenvalue weighted by Gasteiger charge is 2.01. The maximum absolute atomic E-state index is 11.9. The summed E-state index contributed by atoms with van der Waals surface area (Å²) >= 11 is 0. The smallest absolute Gasteiger partial charge is 0.185 e. The van der Waals surface area contributed by atoms with Crippen LogP contribution in [-0.2, 0) is 6.61 Å². The van der Waals surface area contributed by atoms with Crippen LogP contribution in [0.2, 0.25) is 0 Å². The summed E-state index contributed by atoms with van der Waals surface area (Å²) < 4.78 is 0. The van der Waals surface area contributed by atoms with Crippen LogP contribution in [0.5, 0.6) is 5.75 Å². The number of aromatic hydroxyl groups is 1. The molecule has 0 aliphatic carbocycles. The van der Waals surface area contributed by atoms with Gasteiger partial charge in [0.25, 0.3) is 0 Å². The SMILES string of the molecule is O=C(/C=C/c1ccc(O)cc1)c1ccc(CO)cc1. The lowest BCUT2D eigenvalue weighted by Crippen LogP contribution is -1.94. The van der Waals surface area contributed by atoms with Gasteiger partial charge in [0, 0.05) is 5.56 Å². The van der Waals surface area contributed by atoms with Gasteiger partial charge in [0.2, 0.25) is 0 Å². The minimum atomic E-state index is -0.0995. The molecular formula is C16H14O3. The van der Waals surface area contributed by atoms with Crippen LogP contribution in [0.1, 0.15) is 21.5 Å².